The molecule has 3 aromatic rings. The number of halogens is 1. The van der Waals surface area contributed by atoms with Gasteiger partial charge in [0.15, 0.2) is 0 Å². The molecular formula is C20H18BrN3O2. The van der Waals surface area contributed by atoms with E-state index in [2.05, 4.69) is 26.3 Å². The van der Waals surface area contributed by atoms with Gasteiger partial charge in [0, 0.05) is 10.5 Å². The van der Waals surface area contributed by atoms with Gasteiger partial charge in [-0.25, -0.2) is 4.68 Å². The van der Waals surface area contributed by atoms with Crippen LogP contribution in [0.25, 0.3) is 0 Å². The monoisotopic (exact) mass is 411 g/mol. The van der Waals surface area contributed by atoms with Crippen LogP contribution in [-0.4, -0.2) is 15.7 Å². The molecule has 0 radical (unpaired) electrons. The molecule has 132 valence electrons. The third-order valence-corrected chi connectivity index (χ3v) is 4.46. The summed E-state index contributed by atoms with van der Waals surface area (Å²) in [6.45, 7) is 1.66. The van der Waals surface area contributed by atoms with E-state index in [4.69, 9.17) is 0 Å². The number of carbonyl (C=O) groups excluding carboxylic acids is 1. The molecule has 0 fully saturated rings. The van der Waals surface area contributed by atoms with E-state index in [1.807, 2.05) is 54.6 Å². The number of carbonyl (C=O) groups is 1. The van der Waals surface area contributed by atoms with Crippen molar-refractivity contribution < 1.29 is 4.79 Å². The van der Waals surface area contributed by atoms with Gasteiger partial charge in [0.05, 0.1) is 11.7 Å². The quantitative estimate of drug-likeness (QED) is 0.700. The van der Waals surface area contributed by atoms with Gasteiger partial charge in [0.25, 0.3) is 5.56 Å². The molecule has 0 aliphatic rings. The van der Waals surface area contributed by atoms with Gasteiger partial charge in [-0.15, -0.1) is 0 Å². The highest BCUT2D eigenvalue weighted by molar-refractivity contribution is 9.10. The zero-order valence-corrected chi connectivity index (χ0v) is 15.8. The first-order chi connectivity index (χ1) is 12.5. The van der Waals surface area contributed by atoms with Gasteiger partial charge in [-0.2, -0.15) is 5.10 Å². The highest BCUT2D eigenvalue weighted by Crippen LogP contribution is 2.23. The minimum Gasteiger partial charge on any atom is -0.344 e. The van der Waals surface area contributed by atoms with Crippen LogP contribution in [0.4, 0.5) is 0 Å². The van der Waals surface area contributed by atoms with Crippen molar-refractivity contribution in [3.05, 3.63) is 98.4 Å². The Morgan fingerprint density at radius 1 is 1.04 bits per heavy atom. The Balaban J connectivity index is 1.86. The topological polar surface area (TPSA) is 64.0 Å². The van der Waals surface area contributed by atoms with Crippen molar-refractivity contribution in [2.75, 3.05) is 0 Å². The van der Waals surface area contributed by atoms with Crippen molar-refractivity contribution in [1.82, 2.24) is 15.1 Å². The summed E-state index contributed by atoms with van der Waals surface area (Å²) < 4.78 is 2.14. The predicted octanol–water partition coefficient (Wildman–Crippen LogP) is 3.22. The van der Waals surface area contributed by atoms with Crippen LogP contribution in [0.5, 0.6) is 0 Å². The van der Waals surface area contributed by atoms with Crippen LogP contribution in [0, 0.1) is 6.92 Å². The third-order valence-electron chi connectivity index (χ3n) is 3.93. The molecule has 1 aromatic heterocycles. The summed E-state index contributed by atoms with van der Waals surface area (Å²) in [4.78, 5) is 24.5. The van der Waals surface area contributed by atoms with Gasteiger partial charge in [-0.05, 0) is 36.2 Å². The number of rotatable bonds is 5. The van der Waals surface area contributed by atoms with Gasteiger partial charge in [0.1, 0.15) is 6.54 Å². The van der Waals surface area contributed by atoms with Crippen molar-refractivity contribution in [3.8, 4) is 0 Å². The molecule has 6 heteroatoms. The summed E-state index contributed by atoms with van der Waals surface area (Å²) in [7, 11) is 0. The number of hydrogen-bond acceptors (Lipinski definition) is 3. The Kier molecular flexibility index (Phi) is 5.63. The fraction of sp³-hybridized carbons (Fsp3) is 0.150. The summed E-state index contributed by atoms with van der Waals surface area (Å²) in [6.07, 6.45) is 0. The van der Waals surface area contributed by atoms with Crippen LogP contribution < -0.4 is 10.9 Å². The molecule has 5 nitrogen and oxygen atoms in total. The maximum absolute atomic E-state index is 12.6. The number of nitrogens with one attached hydrogen (secondary N) is 1. The number of nitrogens with zero attached hydrogens (tertiary/aromatic N) is 2. The van der Waals surface area contributed by atoms with Crippen molar-refractivity contribution in [1.29, 1.82) is 0 Å². The number of amides is 1. The second-order valence-corrected chi connectivity index (χ2v) is 6.85. The Morgan fingerprint density at radius 2 is 1.69 bits per heavy atom. The van der Waals surface area contributed by atoms with E-state index in [1.165, 1.54) is 10.7 Å². The van der Waals surface area contributed by atoms with Crippen molar-refractivity contribution >= 4 is 21.8 Å². The lowest BCUT2D eigenvalue weighted by atomic mass is 9.99. The van der Waals surface area contributed by atoms with E-state index in [0.29, 0.717) is 5.69 Å². The summed E-state index contributed by atoms with van der Waals surface area (Å²) in [5.41, 5.74) is 2.31. The molecule has 2 aromatic carbocycles. The summed E-state index contributed by atoms with van der Waals surface area (Å²) >= 11 is 3.43. The van der Waals surface area contributed by atoms with Crippen LogP contribution in [0.2, 0.25) is 0 Å². The van der Waals surface area contributed by atoms with Crippen LogP contribution in [0.15, 0.2) is 76.0 Å². The Labute approximate surface area is 159 Å². The first-order valence-electron chi connectivity index (χ1n) is 8.17. The van der Waals surface area contributed by atoms with Crippen LogP contribution in [0.3, 0.4) is 0 Å². The molecule has 1 unspecified atom stereocenters. The lowest BCUT2D eigenvalue weighted by Crippen LogP contribution is -2.36. The molecular weight excluding hydrogens is 394 g/mol. The summed E-state index contributed by atoms with van der Waals surface area (Å²) in [5, 5.41) is 7.12. The number of benzene rings is 2. The molecule has 0 saturated carbocycles. The second-order valence-electron chi connectivity index (χ2n) is 5.93. The Bertz CT molecular complexity index is 953. The van der Waals surface area contributed by atoms with Crippen molar-refractivity contribution in [2.45, 2.75) is 19.5 Å². The lowest BCUT2D eigenvalue weighted by molar-refractivity contribution is -0.122. The first-order valence-corrected chi connectivity index (χ1v) is 8.97. The first kappa shape index (κ1) is 18.1. The third kappa shape index (κ3) is 4.46. The zero-order valence-electron chi connectivity index (χ0n) is 14.2. The molecule has 0 aliphatic heterocycles. The average molecular weight is 412 g/mol. The molecule has 1 atom stereocenters. The number of aromatic nitrogens is 2. The molecule has 3 rings (SSSR count). The molecule has 0 spiro atoms. The van der Waals surface area contributed by atoms with E-state index in [0.717, 1.165) is 15.6 Å². The van der Waals surface area contributed by atoms with Crippen LogP contribution in [-0.2, 0) is 11.3 Å². The van der Waals surface area contributed by atoms with Gasteiger partial charge in [-0.3, -0.25) is 9.59 Å². The minimum absolute atomic E-state index is 0.125. The minimum atomic E-state index is -0.308. The highest BCUT2D eigenvalue weighted by Gasteiger charge is 2.17. The van der Waals surface area contributed by atoms with Gasteiger partial charge >= 0.3 is 0 Å². The lowest BCUT2D eigenvalue weighted by Gasteiger charge is -2.20. The standard InChI is InChI=1S/C20H18BrN3O2/c1-14-7-12-19(26)24(23-14)13-18(25)22-20(15-5-3-2-4-6-15)16-8-10-17(21)11-9-16/h2-12,20H,13H2,1H3,(H,22,25). The van der Waals surface area contributed by atoms with E-state index >= 15 is 0 Å². The van der Waals surface area contributed by atoms with E-state index in [-0.39, 0.29) is 24.1 Å². The fourth-order valence-corrected chi connectivity index (χ4v) is 2.93. The molecule has 1 heterocycles. The van der Waals surface area contributed by atoms with Gasteiger partial charge < -0.3 is 5.32 Å². The highest BCUT2D eigenvalue weighted by atomic mass is 79.9. The molecule has 0 bridgehead atoms. The van der Waals surface area contributed by atoms with Gasteiger partial charge in [0.2, 0.25) is 5.91 Å². The Morgan fingerprint density at radius 3 is 2.38 bits per heavy atom. The maximum Gasteiger partial charge on any atom is 0.267 e. The zero-order chi connectivity index (χ0) is 18.5. The molecule has 26 heavy (non-hydrogen) atoms. The normalized spacial score (nSPS) is 11.8. The fourth-order valence-electron chi connectivity index (χ4n) is 2.67. The van der Waals surface area contributed by atoms with E-state index in [1.54, 1.807) is 13.0 Å². The Hall–Kier alpha value is -2.73. The second kappa shape index (κ2) is 8.10. The van der Waals surface area contributed by atoms with Crippen molar-refractivity contribution in [2.24, 2.45) is 0 Å². The average Bonchev–Trinajstić information content (AvgIpc) is 2.64. The number of hydrogen-bond donors (Lipinski definition) is 1. The number of aryl methyl sites for hydroxylation is 1. The van der Waals surface area contributed by atoms with Crippen LogP contribution >= 0.6 is 15.9 Å². The summed E-state index contributed by atoms with van der Waals surface area (Å²) in [5.74, 6) is -0.276. The van der Waals surface area contributed by atoms with E-state index < -0.39 is 0 Å². The van der Waals surface area contributed by atoms with Gasteiger partial charge in [-0.1, -0.05) is 58.4 Å². The molecule has 1 amide bonds. The van der Waals surface area contributed by atoms with Crippen LogP contribution in [0.1, 0.15) is 22.9 Å². The van der Waals surface area contributed by atoms with Crippen molar-refractivity contribution in [3.63, 3.8) is 0 Å². The predicted molar refractivity (Wildman–Crippen MR) is 104 cm³/mol. The largest absolute Gasteiger partial charge is 0.344 e. The molecule has 0 aliphatic carbocycles. The van der Waals surface area contributed by atoms with E-state index in [9.17, 15) is 9.59 Å². The summed E-state index contributed by atoms with van der Waals surface area (Å²) in [6, 6.07) is 20.2. The smallest absolute Gasteiger partial charge is 0.267 e. The molecule has 1 N–H and O–H groups in total. The molecule has 0 saturated heterocycles. The SMILES string of the molecule is Cc1ccc(=O)n(CC(=O)NC(c2ccccc2)c2ccc(Br)cc2)n1. The maximum atomic E-state index is 12.6.